The third-order valence-corrected chi connectivity index (χ3v) is 5.59. The van der Waals surface area contributed by atoms with E-state index in [1.165, 1.54) is 11.3 Å². The Morgan fingerprint density at radius 2 is 1.77 bits per heavy atom. The second kappa shape index (κ2) is 7.07. The number of benzene rings is 2. The molecule has 1 aromatic heterocycles. The van der Waals surface area contributed by atoms with E-state index < -0.39 is 11.3 Å². The molecule has 0 aliphatic carbocycles. The van der Waals surface area contributed by atoms with Crippen LogP contribution < -0.4 is 10.8 Å². The van der Waals surface area contributed by atoms with Crippen molar-refractivity contribution in [2.45, 2.75) is 19.3 Å². The molecule has 0 aliphatic heterocycles. The molecule has 0 saturated heterocycles. The van der Waals surface area contributed by atoms with Gasteiger partial charge >= 0.3 is 0 Å². The predicted octanol–water partition coefficient (Wildman–Crippen LogP) is 4.59. The van der Waals surface area contributed by atoms with Crippen LogP contribution >= 0.6 is 22.9 Å². The number of carbonyl (C=O) groups excluding carboxylic acids is 2. The van der Waals surface area contributed by atoms with Crippen molar-refractivity contribution >= 4 is 50.5 Å². The number of carbonyl (C=O) groups is 2. The molecule has 0 bridgehead atoms. The molecule has 0 unspecified atom stereocenters. The van der Waals surface area contributed by atoms with E-state index >= 15 is 0 Å². The van der Waals surface area contributed by atoms with Crippen LogP contribution in [-0.4, -0.2) is 17.0 Å². The monoisotopic (exact) mass is 388 g/mol. The molecule has 7 heteroatoms. The van der Waals surface area contributed by atoms with Gasteiger partial charge in [0.1, 0.15) is 0 Å². The van der Waals surface area contributed by atoms with Gasteiger partial charge in [-0.2, -0.15) is 0 Å². The number of thiophene rings is 1. The molecule has 2 amide bonds. The van der Waals surface area contributed by atoms with Gasteiger partial charge in [-0.05, 0) is 55.1 Å². The number of hydrogen-bond acceptors (Lipinski definition) is 4. The fourth-order valence-electron chi connectivity index (χ4n) is 2.56. The summed E-state index contributed by atoms with van der Waals surface area (Å²) in [5.41, 5.74) is 2.39. The Morgan fingerprint density at radius 3 is 2.42 bits per heavy atom. The predicted molar refractivity (Wildman–Crippen MR) is 104 cm³/mol. The minimum absolute atomic E-state index is 0.149. The fraction of sp³-hybridized carbons (Fsp3) is 0.158. The number of anilines is 1. The average Bonchev–Trinajstić information content (AvgIpc) is 3.04. The lowest BCUT2D eigenvalue weighted by molar-refractivity contribution is -0.120. The molecule has 3 rings (SSSR count). The zero-order valence-electron chi connectivity index (χ0n) is 14.2. The summed E-state index contributed by atoms with van der Waals surface area (Å²) in [7, 11) is 0. The van der Waals surface area contributed by atoms with Crippen molar-refractivity contribution in [2.75, 3.05) is 5.32 Å². The van der Waals surface area contributed by atoms with Crippen molar-refractivity contribution in [2.24, 2.45) is 0 Å². The molecule has 0 spiro atoms. The van der Waals surface area contributed by atoms with Crippen LogP contribution in [0.2, 0.25) is 5.02 Å². The lowest BCUT2D eigenvalue weighted by atomic mass is 9.83. The summed E-state index contributed by atoms with van der Waals surface area (Å²) in [5.74, 6) is -0.704. The topological polar surface area (TPSA) is 78.4 Å². The second-order valence-corrected chi connectivity index (χ2v) is 7.91. The maximum absolute atomic E-state index is 12.8. The highest BCUT2D eigenvalue weighted by atomic mass is 35.5. The van der Waals surface area contributed by atoms with E-state index in [0.29, 0.717) is 15.6 Å². The average molecular weight is 389 g/mol. The lowest BCUT2D eigenvalue weighted by Crippen LogP contribution is -2.34. The zero-order valence-corrected chi connectivity index (χ0v) is 15.7. The maximum atomic E-state index is 12.8. The van der Waals surface area contributed by atoms with Crippen LogP contribution in [0.5, 0.6) is 0 Å². The highest BCUT2D eigenvalue weighted by molar-refractivity contribution is 7.20. The Kier molecular flexibility index (Phi) is 5.00. The second-order valence-electron chi connectivity index (χ2n) is 6.39. The van der Waals surface area contributed by atoms with Gasteiger partial charge in [0.25, 0.3) is 5.91 Å². The Bertz CT molecular complexity index is 980. The number of fused-ring (bicyclic) bond motifs is 1. The summed E-state index contributed by atoms with van der Waals surface area (Å²) in [6.07, 6.45) is 0. The van der Waals surface area contributed by atoms with Gasteiger partial charge in [-0.15, -0.1) is 11.3 Å². The lowest BCUT2D eigenvalue weighted by Gasteiger charge is -2.24. The van der Waals surface area contributed by atoms with Crippen molar-refractivity contribution in [3.8, 4) is 0 Å². The minimum atomic E-state index is -0.739. The first-order valence-electron chi connectivity index (χ1n) is 7.87. The molecule has 3 aromatic rings. The maximum Gasteiger partial charge on any atom is 0.284 e. The van der Waals surface area contributed by atoms with Gasteiger partial charge in [-0.3, -0.25) is 14.8 Å². The number of hydroxylamine groups is 1. The standard InChI is InChI=1S/C19H17ClN2O3S/c1-19(2,12-4-6-13(20)7-5-12)18(24)21-14-8-3-11-9-16(17(23)22-25)26-15(11)10-14/h3-10,25H,1-2H3,(H,21,24)(H,22,23). The first-order chi connectivity index (χ1) is 12.3. The van der Waals surface area contributed by atoms with Crippen LogP contribution in [0, 0.1) is 0 Å². The quantitative estimate of drug-likeness (QED) is 0.451. The zero-order chi connectivity index (χ0) is 18.9. The van der Waals surface area contributed by atoms with Crippen LogP contribution in [0.15, 0.2) is 48.5 Å². The van der Waals surface area contributed by atoms with Gasteiger partial charge in [-0.1, -0.05) is 29.8 Å². The molecule has 134 valence electrons. The molecular formula is C19H17ClN2O3S. The summed E-state index contributed by atoms with van der Waals surface area (Å²) >= 11 is 7.16. The SMILES string of the molecule is CC(C)(C(=O)Nc1ccc2cc(C(=O)NO)sc2c1)c1ccc(Cl)cc1. The van der Waals surface area contributed by atoms with E-state index in [0.717, 1.165) is 15.6 Å². The highest BCUT2D eigenvalue weighted by Gasteiger charge is 2.29. The summed E-state index contributed by atoms with van der Waals surface area (Å²) in [6.45, 7) is 3.69. The summed E-state index contributed by atoms with van der Waals surface area (Å²) in [5, 5.41) is 13.2. The van der Waals surface area contributed by atoms with Gasteiger partial charge in [-0.25, -0.2) is 5.48 Å². The van der Waals surface area contributed by atoms with Gasteiger partial charge in [0, 0.05) is 15.4 Å². The Morgan fingerprint density at radius 1 is 1.08 bits per heavy atom. The molecule has 0 saturated carbocycles. The van der Waals surface area contributed by atoms with Crippen LogP contribution in [0.25, 0.3) is 10.1 Å². The minimum Gasteiger partial charge on any atom is -0.325 e. The number of amides is 2. The summed E-state index contributed by atoms with van der Waals surface area (Å²) in [6, 6.07) is 14.3. The van der Waals surface area contributed by atoms with Gasteiger partial charge in [0.2, 0.25) is 5.91 Å². The highest BCUT2D eigenvalue weighted by Crippen LogP contribution is 2.30. The smallest absolute Gasteiger partial charge is 0.284 e. The van der Waals surface area contributed by atoms with E-state index in [1.807, 2.05) is 38.1 Å². The molecule has 0 atom stereocenters. The molecule has 2 aromatic carbocycles. The fourth-order valence-corrected chi connectivity index (χ4v) is 3.68. The van der Waals surface area contributed by atoms with E-state index in [4.69, 9.17) is 16.8 Å². The molecule has 1 heterocycles. The number of hydrogen-bond donors (Lipinski definition) is 3. The van der Waals surface area contributed by atoms with E-state index in [9.17, 15) is 9.59 Å². The van der Waals surface area contributed by atoms with Gasteiger partial charge in [0.15, 0.2) is 0 Å². The van der Waals surface area contributed by atoms with Crippen molar-refractivity contribution in [1.29, 1.82) is 0 Å². The van der Waals surface area contributed by atoms with Crippen LogP contribution in [-0.2, 0) is 10.2 Å². The molecule has 26 heavy (non-hydrogen) atoms. The molecule has 0 fully saturated rings. The van der Waals surface area contributed by atoms with Crippen molar-refractivity contribution in [3.05, 3.63) is 64.0 Å². The molecule has 0 radical (unpaired) electrons. The Balaban J connectivity index is 1.84. The third-order valence-electron chi connectivity index (χ3n) is 4.24. The third kappa shape index (κ3) is 3.58. The molecule has 0 aliphatic rings. The van der Waals surface area contributed by atoms with Crippen LogP contribution in [0.1, 0.15) is 29.1 Å². The normalized spacial score (nSPS) is 11.4. The van der Waals surface area contributed by atoms with Crippen molar-refractivity contribution in [1.82, 2.24) is 5.48 Å². The molecule has 3 N–H and O–H groups in total. The van der Waals surface area contributed by atoms with Crippen LogP contribution in [0.3, 0.4) is 0 Å². The number of nitrogens with one attached hydrogen (secondary N) is 2. The van der Waals surface area contributed by atoms with Crippen molar-refractivity contribution in [3.63, 3.8) is 0 Å². The van der Waals surface area contributed by atoms with E-state index in [1.54, 1.807) is 29.7 Å². The van der Waals surface area contributed by atoms with Gasteiger partial charge < -0.3 is 5.32 Å². The number of rotatable bonds is 4. The van der Waals surface area contributed by atoms with Crippen molar-refractivity contribution < 1.29 is 14.8 Å². The Labute approximate surface area is 159 Å². The first kappa shape index (κ1) is 18.4. The number of halogens is 1. The van der Waals surface area contributed by atoms with Crippen LogP contribution in [0.4, 0.5) is 5.69 Å². The molecule has 5 nitrogen and oxygen atoms in total. The van der Waals surface area contributed by atoms with Gasteiger partial charge in [0.05, 0.1) is 10.3 Å². The molecular weight excluding hydrogens is 372 g/mol. The largest absolute Gasteiger partial charge is 0.325 e. The first-order valence-corrected chi connectivity index (χ1v) is 9.06. The summed E-state index contributed by atoms with van der Waals surface area (Å²) < 4.78 is 0.839. The Hall–Kier alpha value is -2.41. The summed E-state index contributed by atoms with van der Waals surface area (Å²) in [4.78, 5) is 24.7. The van der Waals surface area contributed by atoms with E-state index in [2.05, 4.69) is 5.32 Å². The van der Waals surface area contributed by atoms with E-state index in [-0.39, 0.29) is 5.91 Å².